The van der Waals surface area contributed by atoms with Crippen LogP contribution in [-0.4, -0.2) is 35.4 Å². The van der Waals surface area contributed by atoms with Gasteiger partial charge >= 0.3 is 0 Å². The van der Waals surface area contributed by atoms with Crippen molar-refractivity contribution in [3.63, 3.8) is 0 Å². The Morgan fingerprint density at radius 1 is 1.09 bits per heavy atom. The molecule has 1 saturated carbocycles. The van der Waals surface area contributed by atoms with Crippen LogP contribution in [0.3, 0.4) is 0 Å². The van der Waals surface area contributed by atoms with E-state index >= 15 is 0 Å². The number of rotatable bonds is 9. The fourth-order valence-electron chi connectivity index (χ4n) is 3.86. The Kier molecular flexibility index (Phi) is 9.17. The molecule has 0 heterocycles. The monoisotopic (exact) mass is 564 g/mol. The van der Waals surface area contributed by atoms with Crippen molar-refractivity contribution in [2.45, 2.75) is 64.6 Å². The number of carbonyl (C=O) groups is 2. The maximum absolute atomic E-state index is 13.2. The topological polar surface area (TPSA) is 58.6 Å². The number of aryl methyl sites for hydroxylation is 1. The SMILES string of the molecule is CCc1ccc(OCC(=O)N(Cc2ccc(Br)cc2)C(C)C(=O)NC2CCCC2)c(Br)c1. The average Bonchev–Trinajstić information content (AvgIpc) is 3.30. The van der Waals surface area contributed by atoms with Crippen LogP contribution in [0, 0.1) is 0 Å². The predicted octanol–water partition coefficient (Wildman–Crippen LogP) is 5.63. The molecular formula is C25H30Br2N2O3. The number of carbonyl (C=O) groups excluding carboxylic acids is 2. The molecule has 2 aromatic carbocycles. The van der Waals surface area contributed by atoms with Crippen molar-refractivity contribution in [3.8, 4) is 5.75 Å². The molecule has 172 valence electrons. The highest BCUT2D eigenvalue weighted by atomic mass is 79.9. The van der Waals surface area contributed by atoms with Gasteiger partial charge in [0.1, 0.15) is 11.8 Å². The van der Waals surface area contributed by atoms with E-state index in [4.69, 9.17) is 4.74 Å². The van der Waals surface area contributed by atoms with Gasteiger partial charge in [0, 0.05) is 17.1 Å². The van der Waals surface area contributed by atoms with E-state index in [9.17, 15) is 9.59 Å². The fraction of sp³-hybridized carbons (Fsp3) is 0.440. The highest BCUT2D eigenvalue weighted by Crippen LogP contribution is 2.26. The number of halogens is 2. The van der Waals surface area contributed by atoms with Crippen LogP contribution in [0.2, 0.25) is 0 Å². The zero-order valence-electron chi connectivity index (χ0n) is 18.6. The van der Waals surface area contributed by atoms with Crippen LogP contribution < -0.4 is 10.1 Å². The van der Waals surface area contributed by atoms with E-state index in [2.05, 4.69) is 44.1 Å². The molecule has 32 heavy (non-hydrogen) atoms. The van der Waals surface area contributed by atoms with Gasteiger partial charge in [-0.25, -0.2) is 0 Å². The van der Waals surface area contributed by atoms with E-state index in [1.54, 1.807) is 11.8 Å². The highest BCUT2D eigenvalue weighted by Gasteiger charge is 2.28. The maximum atomic E-state index is 13.2. The van der Waals surface area contributed by atoms with Gasteiger partial charge in [0.15, 0.2) is 6.61 Å². The summed E-state index contributed by atoms with van der Waals surface area (Å²) >= 11 is 6.96. The van der Waals surface area contributed by atoms with E-state index in [1.165, 1.54) is 5.56 Å². The van der Waals surface area contributed by atoms with Crippen LogP contribution in [0.4, 0.5) is 0 Å². The van der Waals surface area contributed by atoms with E-state index in [-0.39, 0.29) is 24.5 Å². The Morgan fingerprint density at radius 2 is 1.75 bits per heavy atom. The Morgan fingerprint density at radius 3 is 2.38 bits per heavy atom. The molecule has 1 atom stereocenters. The van der Waals surface area contributed by atoms with Gasteiger partial charge in [0.2, 0.25) is 5.91 Å². The van der Waals surface area contributed by atoms with Crippen molar-refractivity contribution in [2.75, 3.05) is 6.61 Å². The molecule has 0 bridgehead atoms. The van der Waals surface area contributed by atoms with E-state index in [0.717, 1.165) is 46.6 Å². The second kappa shape index (κ2) is 11.8. The Balaban J connectivity index is 1.71. The second-order valence-electron chi connectivity index (χ2n) is 8.22. The molecule has 1 aliphatic carbocycles. The normalized spacial score (nSPS) is 14.8. The minimum absolute atomic E-state index is 0.115. The Bertz CT molecular complexity index is 927. The summed E-state index contributed by atoms with van der Waals surface area (Å²) in [6.07, 6.45) is 5.21. The number of nitrogens with zero attached hydrogens (tertiary/aromatic N) is 1. The van der Waals surface area contributed by atoms with Gasteiger partial charge in [-0.1, -0.05) is 53.9 Å². The molecule has 1 fully saturated rings. The first-order valence-corrected chi connectivity index (χ1v) is 12.7. The molecule has 1 unspecified atom stereocenters. The zero-order chi connectivity index (χ0) is 23.1. The summed E-state index contributed by atoms with van der Waals surface area (Å²) in [4.78, 5) is 27.7. The van der Waals surface area contributed by atoms with E-state index in [1.807, 2.05) is 42.5 Å². The Hall–Kier alpha value is -1.86. The maximum Gasteiger partial charge on any atom is 0.261 e. The molecule has 2 amide bonds. The van der Waals surface area contributed by atoms with E-state index in [0.29, 0.717) is 12.3 Å². The van der Waals surface area contributed by atoms with Gasteiger partial charge in [-0.05, 0) is 77.5 Å². The molecule has 0 saturated heterocycles. The lowest BCUT2D eigenvalue weighted by Gasteiger charge is -2.29. The number of hydrogen-bond acceptors (Lipinski definition) is 3. The molecule has 7 heteroatoms. The minimum atomic E-state index is -0.596. The number of ether oxygens (including phenoxy) is 1. The molecule has 2 aromatic rings. The molecule has 0 spiro atoms. The van der Waals surface area contributed by atoms with Crippen molar-refractivity contribution < 1.29 is 14.3 Å². The average molecular weight is 566 g/mol. The van der Waals surface area contributed by atoms with Crippen molar-refractivity contribution in [1.29, 1.82) is 0 Å². The molecular weight excluding hydrogens is 536 g/mol. The van der Waals surface area contributed by atoms with Crippen LogP contribution in [0.5, 0.6) is 5.75 Å². The van der Waals surface area contributed by atoms with E-state index < -0.39 is 6.04 Å². The van der Waals surface area contributed by atoms with Crippen LogP contribution in [0.25, 0.3) is 0 Å². The summed E-state index contributed by atoms with van der Waals surface area (Å²) in [7, 11) is 0. The van der Waals surface area contributed by atoms with Crippen molar-refractivity contribution in [3.05, 3.63) is 62.5 Å². The molecule has 3 rings (SSSR count). The first-order chi connectivity index (χ1) is 15.4. The smallest absolute Gasteiger partial charge is 0.261 e. The minimum Gasteiger partial charge on any atom is -0.483 e. The molecule has 0 radical (unpaired) electrons. The number of benzene rings is 2. The van der Waals surface area contributed by atoms with Crippen molar-refractivity contribution in [1.82, 2.24) is 10.2 Å². The standard InChI is InChI=1S/C25H30Br2N2O3/c1-3-18-10-13-23(22(27)14-18)32-16-24(30)29(15-19-8-11-20(26)12-9-19)17(2)25(31)28-21-6-4-5-7-21/h8-14,17,21H,3-7,15-16H2,1-2H3,(H,28,31). The van der Waals surface area contributed by atoms with Gasteiger partial charge in [-0.3, -0.25) is 9.59 Å². The molecule has 1 aliphatic rings. The number of hydrogen-bond donors (Lipinski definition) is 1. The largest absolute Gasteiger partial charge is 0.483 e. The lowest BCUT2D eigenvalue weighted by atomic mass is 10.1. The summed E-state index contributed by atoms with van der Waals surface area (Å²) in [5.74, 6) is 0.270. The summed E-state index contributed by atoms with van der Waals surface area (Å²) in [5.41, 5.74) is 2.14. The third-order valence-corrected chi connectivity index (χ3v) is 7.04. The van der Waals surface area contributed by atoms with Crippen LogP contribution in [0.15, 0.2) is 51.4 Å². The van der Waals surface area contributed by atoms with Gasteiger partial charge < -0.3 is 15.0 Å². The number of nitrogens with one attached hydrogen (secondary N) is 1. The van der Waals surface area contributed by atoms with Gasteiger partial charge in [-0.2, -0.15) is 0 Å². The summed E-state index contributed by atoms with van der Waals surface area (Å²) in [6, 6.07) is 13.2. The summed E-state index contributed by atoms with van der Waals surface area (Å²) in [6.45, 7) is 4.07. The van der Waals surface area contributed by atoms with Crippen LogP contribution >= 0.6 is 31.9 Å². The summed E-state index contributed by atoms with van der Waals surface area (Å²) in [5, 5.41) is 3.12. The van der Waals surface area contributed by atoms with Crippen molar-refractivity contribution >= 4 is 43.7 Å². The third-order valence-electron chi connectivity index (χ3n) is 5.89. The fourth-order valence-corrected chi connectivity index (χ4v) is 4.67. The lowest BCUT2D eigenvalue weighted by molar-refractivity contribution is -0.142. The number of amides is 2. The first-order valence-electron chi connectivity index (χ1n) is 11.1. The third kappa shape index (κ3) is 6.82. The highest BCUT2D eigenvalue weighted by molar-refractivity contribution is 9.10. The van der Waals surface area contributed by atoms with Crippen LogP contribution in [-0.2, 0) is 22.6 Å². The predicted molar refractivity (Wildman–Crippen MR) is 134 cm³/mol. The van der Waals surface area contributed by atoms with Gasteiger partial charge in [-0.15, -0.1) is 0 Å². The van der Waals surface area contributed by atoms with Gasteiger partial charge in [0.25, 0.3) is 5.91 Å². The lowest BCUT2D eigenvalue weighted by Crippen LogP contribution is -2.50. The summed E-state index contributed by atoms with van der Waals surface area (Å²) < 4.78 is 7.61. The zero-order valence-corrected chi connectivity index (χ0v) is 21.7. The molecule has 1 N–H and O–H groups in total. The van der Waals surface area contributed by atoms with Crippen molar-refractivity contribution in [2.24, 2.45) is 0 Å². The molecule has 0 aromatic heterocycles. The first kappa shape index (κ1) is 24.8. The molecule has 0 aliphatic heterocycles. The van der Waals surface area contributed by atoms with Crippen LogP contribution in [0.1, 0.15) is 50.7 Å². The van der Waals surface area contributed by atoms with Gasteiger partial charge in [0.05, 0.1) is 4.47 Å². The second-order valence-corrected chi connectivity index (χ2v) is 9.99. The quantitative estimate of drug-likeness (QED) is 0.429. The Labute approximate surface area is 207 Å². The molecule has 5 nitrogen and oxygen atoms in total.